The minimum absolute atomic E-state index is 0.00339. The van der Waals surface area contributed by atoms with Crippen molar-refractivity contribution in [2.45, 2.75) is 30.5 Å². The molecule has 0 saturated carbocycles. The number of hydrogen-bond acceptors (Lipinski definition) is 7. The molecule has 1 aliphatic carbocycles. The third kappa shape index (κ3) is 6.38. The van der Waals surface area contributed by atoms with Crippen molar-refractivity contribution >= 4 is 22.6 Å². The molecule has 3 unspecified atom stereocenters. The summed E-state index contributed by atoms with van der Waals surface area (Å²) in [4.78, 5) is 5.60. The van der Waals surface area contributed by atoms with Crippen molar-refractivity contribution in [1.29, 1.82) is 5.41 Å². The molecule has 1 heterocycles. The number of allylic oxidation sites excluding steroid dienone is 3. The number of rotatable bonds is 9. The lowest BCUT2D eigenvalue weighted by Gasteiger charge is -2.26. The van der Waals surface area contributed by atoms with Crippen LogP contribution in [0.1, 0.15) is 18.9 Å². The highest BCUT2D eigenvalue weighted by Gasteiger charge is 2.24. The first-order valence-electron chi connectivity index (χ1n) is 11.2. The molecule has 0 fully saturated rings. The number of aliphatic imine (C=N–C) groups is 1. The monoisotopic (exact) mass is 482 g/mol. The largest absolute Gasteiger partial charge is 0.453 e. The summed E-state index contributed by atoms with van der Waals surface area (Å²) in [5, 5.41) is 18.1. The fraction of sp³-hybridized carbons (Fsp3) is 0.360. The van der Waals surface area contributed by atoms with E-state index in [1.807, 2.05) is 62.7 Å². The van der Waals surface area contributed by atoms with Gasteiger partial charge in [0.2, 0.25) is 5.90 Å². The molecule has 182 valence electrons. The molecule has 0 amide bonds. The number of likely N-dealkylation sites (N-methyl/N-ethyl adjacent to an activating group) is 2. The molecule has 34 heavy (non-hydrogen) atoms. The summed E-state index contributed by atoms with van der Waals surface area (Å²) in [5.41, 5.74) is 4.39. The van der Waals surface area contributed by atoms with Crippen LogP contribution in [0.25, 0.3) is 0 Å². The predicted octanol–water partition coefficient (Wildman–Crippen LogP) is 2.46. The maximum Gasteiger partial charge on any atom is 0.211 e. The molecule has 3 atom stereocenters. The smallest absolute Gasteiger partial charge is 0.211 e. The standard InChI is InChI=1S/C25H34N6O2S/c1-17-23(19-11-13-21(14-12-19)34(32)31(4)5)30-22(16-29-17)25(28-3)33-24(26)20-8-6-7-18(9-10-20)15-27-2/h6-7,9-14,16-17,25-29H,8,15H2,1-5H3. The molecule has 9 heteroatoms. The van der Waals surface area contributed by atoms with Crippen molar-refractivity contribution in [2.75, 3.05) is 34.7 Å². The number of hydrogen-bond donors (Lipinski definition) is 4. The van der Waals surface area contributed by atoms with E-state index in [4.69, 9.17) is 15.1 Å². The molecule has 4 N–H and O–H groups in total. The van der Waals surface area contributed by atoms with E-state index in [1.54, 1.807) is 25.4 Å². The van der Waals surface area contributed by atoms with Crippen LogP contribution in [0.15, 0.2) is 81.5 Å². The van der Waals surface area contributed by atoms with Gasteiger partial charge < -0.3 is 15.4 Å². The molecule has 0 aromatic heterocycles. The van der Waals surface area contributed by atoms with Crippen LogP contribution in [0.2, 0.25) is 0 Å². The quantitative estimate of drug-likeness (QED) is 0.246. The van der Waals surface area contributed by atoms with Gasteiger partial charge in [-0.25, -0.2) is 13.5 Å². The van der Waals surface area contributed by atoms with E-state index >= 15 is 0 Å². The highest BCUT2D eigenvalue weighted by molar-refractivity contribution is 7.82. The molecular weight excluding hydrogens is 448 g/mol. The summed E-state index contributed by atoms with van der Waals surface area (Å²) >= 11 is 0. The van der Waals surface area contributed by atoms with Crippen molar-refractivity contribution in [2.24, 2.45) is 4.99 Å². The van der Waals surface area contributed by atoms with Crippen molar-refractivity contribution in [1.82, 2.24) is 20.3 Å². The molecule has 8 nitrogen and oxygen atoms in total. The van der Waals surface area contributed by atoms with Gasteiger partial charge in [-0.05, 0) is 64.8 Å². The zero-order valence-corrected chi connectivity index (χ0v) is 21.2. The minimum atomic E-state index is -1.19. The fourth-order valence-corrected chi connectivity index (χ4v) is 4.37. The minimum Gasteiger partial charge on any atom is -0.453 e. The van der Waals surface area contributed by atoms with Crippen molar-refractivity contribution in [3.8, 4) is 0 Å². The Labute approximate surface area is 204 Å². The van der Waals surface area contributed by atoms with Gasteiger partial charge in [0, 0.05) is 18.3 Å². The molecule has 0 bridgehead atoms. The van der Waals surface area contributed by atoms with E-state index in [-0.39, 0.29) is 11.9 Å². The van der Waals surface area contributed by atoms with Gasteiger partial charge in [0.25, 0.3) is 0 Å². The normalized spacial score (nSPS) is 19.8. The first-order chi connectivity index (χ1) is 16.3. The van der Waals surface area contributed by atoms with Gasteiger partial charge in [-0.1, -0.05) is 36.4 Å². The van der Waals surface area contributed by atoms with Crippen LogP contribution < -0.4 is 16.0 Å². The van der Waals surface area contributed by atoms with Gasteiger partial charge in [0.15, 0.2) is 6.23 Å². The van der Waals surface area contributed by atoms with Crippen LogP contribution >= 0.6 is 0 Å². The Kier molecular flexibility index (Phi) is 9.12. The lowest BCUT2D eigenvalue weighted by Crippen LogP contribution is -2.40. The Morgan fingerprint density at radius 3 is 2.68 bits per heavy atom. The van der Waals surface area contributed by atoms with Crippen molar-refractivity contribution < 1.29 is 8.95 Å². The molecule has 0 saturated heterocycles. The number of nitrogens with one attached hydrogen (secondary N) is 4. The topological polar surface area (TPSA) is 102 Å². The molecule has 1 aromatic rings. The van der Waals surface area contributed by atoms with Gasteiger partial charge in [0.1, 0.15) is 16.7 Å². The van der Waals surface area contributed by atoms with Crippen LogP contribution in [0, 0.1) is 5.41 Å². The summed E-state index contributed by atoms with van der Waals surface area (Å²) in [6, 6.07) is 7.60. The molecule has 1 aliphatic heterocycles. The van der Waals surface area contributed by atoms with E-state index < -0.39 is 17.2 Å². The average Bonchev–Trinajstić information content (AvgIpc) is 3.08. The number of ether oxygens (including phenoxy) is 1. The molecule has 0 radical (unpaired) electrons. The maximum atomic E-state index is 12.3. The zero-order chi connectivity index (χ0) is 24.7. The molecule has 0 spiro atoms. The summed E-state index contributed by atoms with van der Waals surface area (Å²) in [6.45, 7) is 2.81. The first kappa shape index (κ1) is 25.8. The van der Waals surface area contributed by atoms with Gasteiger partial charge in [-0.3, -0.25) is 10.7 Å². The highest BCUT2D eigenvalue weighted by Crippen LogP contribution is 2.20. The van der Waals surface area contributed by atoms with Crippen molar-refractivity contribution in [3.05, 3.63) is 77.2 Å². The SMILES string of the molecule is CNCC1=CC=C(C(=N)OC(NC)C2=CNC(C)C(c3ccc(S(=O)N(C)C)cc3)=N2)CC=C1. The Morgan fingerprint density at radius 1 is 1.29 bits per heavy atom. The summed E-state index contributed by atoms with van der Waals surface area (Å²) < 4.78 is 20.0. The van der Waals surface area contributed by atoms with Crippen molar-refractivity contribution in [3.63, 3.8) is 0 Å². The summed E-state index contributed by atoms with van der Waals surface area (Å²) in [6.07, 6.45) is 9.91. The second-order valence-corrected chi connectivity index (χ2v) is 9.93. The maximum absolute atomic E-state index is 12.3. The fourth-order valence-electron chi connectivity index (χ4n) is 3.58. The molecule has 1 aromatic carbocycles. The third-order valence-corrected chi connectivity index (χ3v) is 6.77. The van der Waals surface area contributed by atoms with E-state index in [0.717, 1.165) is 33.9 Å². The zero-order valence-electron chi connectivity index (χ0n) is 20.4. The van der Waals surface area contributed by atoms with Gasteiger partial charge >= 0.3 is 0 Å². The van der Waals surface area contributed by atoms with E-state index in [9.17, 15) is 4.21 Å². The predicted molar refractivity (Wildman–Crippen MR) is 139 cm³/mol. The average molecular weight is 483 g/mol. The van der Waals surface area contributed by atoms with Crippen LogP contribution in [0.4, 0.5) is 0 Å². The molecule has 3 rings (SSSR count). The second kappa shape index (κ2) is 12.0. The van der Waals surface area contributed by atoms with Gasteiger partial charge in [0.05, 0.1) is 16.6 Å². The Hall–Kier alpha value is -2.85. The van der Waals surface area contributed by atoms with Crippen LogP contribution in [-0.2, 0) is 15.7 Å². The Balaban J connectivity index is 1.77. The molecular formula is C25H34N6O2S. The highest BCUT2D eigenvalue weighted by atomic mass is 32.2. The lowest BCUT2D eigenvalue weighted by molar-refractivity contribution is 0.191. The van der Waals surface area contributed by atoms with Gasteiger partial charge in [-0.15, -0.1) is 0 Å². The van der Waals surface area contributed by atoms with E-state index in [2.05, 4.69) is 22.0 Å². The third-order valence-electron chi connectivity index (χ3n) is 5.43. The lowest BCUT2D eigenvalue weighted by atomic mass is 10.0. The molecule has 2 aliphatic rings. The summed E-state index contributed by atoms with van der Waals surface area (Å²) in [5.74, 6) is 0.109. The van der Waals surface area contributed by atoms with Gasteiger partial charge in [-0.2, -0.15) is 0 Å². The summed E-state index contributed by atoms with van der Waals surface area (Å²) in [7, 11) is 6.07. The van der Waals surface area contributed by atoms with E-state index in [1.165, 1.54) is 0 Å². The number of benzene rings is 1. The van der Waals surface area contributed by atoms with Crippen LogP contribution in [-0.4, -0.2) is 67.1 Å². The van der Waals surface area contributed by atoms with E-state index in [0.29, 0.717) is 12.1 Å². The Morgan fingerprint density at radius 2 is 2.03 bits per heavy atom. The number of nitrogens with zero attached hydrogens (tertiary/aromatic N) is 2. The van der Waals surface area contributed by atoms with Crippen LogP contribution in [0.3, 0.4) is 0 Å². The Bertz CT molecular complexity index is 1070. The van der Waals surface area contributed by atoms with Crippen LogP contribution in [0.5, 0.6) is 0 Å². The second-order valence-electron chi connectivity index (χ2n) is 8.23. The first-order valence-corrected chi connectivity index (χ1v) is 12.3.